The molecule has 0 aliphatic rings. The monoisotopic (exact) mass is 396 g/mol. The molecule has 0 saturated heterocycles. The number of anilines is 3. The standard InChI is InChI=1S/C21H28N6O2/c1-4-6-28-16-8-15(9-17(10-16)29-7-5-2)24-11-14-12-25-20-18(13(14)3)19(22)26-21(23)27-20/h8-10,12,24H,4-7,11H2,1-3H3,(H4,22,23,25,26,27). The molecule has 0 amide bonds. The van der Waals surface area contributed by atoms with Crippen LogP contribution >= 0.6 is 0 Å². The molecule has 154 valence electrons. The Kier molecular flexibility index (Phi) is 6.54. The number of nitrogen functional groups attached to an aromatic ring is 2. The highest BCUT2D eigenvalue weighted by atomic mass is 16.5. The number of benzene rings is 1. The summed E-state index contributed by atoms with van der Waals surface area (Å²) < 4.78 is 11.6. The van der Waals surface area contributed by atoms with Crippen LogP contribution in [0, 0.1) is 6.92 Å². The summed E-state index contributed by atoms with van der Waals surface area (Å²) in [6.07, 6.45) is 3.67. The van der Waals surface area contributed by atoms with Crippen molar-refractivity contribution in [3.05, 3.63) is 35.5 Å². The summed E-state index contributed by atoms with van der Waals surface area (Å²) in [5.74, 6) is 2.02. The molecule has 3 rings (SSSR count). The Balaban J connectivity index is 1.83. The summed E-state index contributed by atoms with van der Waals surface area (Å²) in [5.41, 5.74) is 15.1. The van der Waals surface area contributed by atoms with E-state index in [1.54, 1.807) is 6.20 Å². The summed E-state index contributed by atoms with van der Waals surface area (Å²) in [7, 11) is 0. The van der Waals surface area contributed by atoms with Gasteiger partial charge in [-0.15, -0.1) is 0 Å². The summed E-state index contributed by atoms with van der Waals surface area (Å²) in [6, 6.07) is 5.86. The van der Waals surface area contributed by atoms with Gasteiger partial charge in [0.1, 0.15) is 17.3 Å². The smallest absolute Gasteiger partial charge is 0.224 e. The fourth-order valence-corrected chi connectivity index (χ4v) is 2.99. The average molecular weight is 396 g/mol. The van der Waals surface area contributed by atoms with Gasteiger partial charge >= 0.3 is 0 Å². The molecule has 3 aromatic rings. The molecule has 0 fully saturated rings. The highest BCUT2D eigenvalue weighted by molar-refractivity contribution is 5.90. The van der Waals surface area contributed by atoms with Crippen LogP contribution in [0.2, 0.25) is 0 Å². The van der Waals surface area contributed by atoms with Crippen molar-refractivity contribution in [3.63, 3.8) is 0 Å². The summed E-state index contributed by atoms with van der Waals surface area (Å²) in [6.45, 7) is 8.01. The number of fused-ring (bicyclic) bond motifs is 1. The maximum atomic E-state index is 6.04. The molecule has 0 spiro atoms. The lowest BCUT2D eigenvalue weighted by Gasteiger charge is -2.15. The fraction of sp³-hybridized carbons (Fsp3) is 0.381. The van der Waals surface area contributed by atoms with Crippen LogP contribution in [-0.2, 0) is 6.54 Å². The Labute approximate surface area is 170 Å². The Morgan fingerprint density at radius 1 is 0.966 bits per heavy atom. The number of nitrogens with two attached hydrogens (primary N) is 2. The van der Waals surface area contributed by atoms with Crippen LogP contribution in [-0.4, -0.2) is 28.2 Å². The van der Waals surface area contributed by atoms with Gasteiger partial charge in [0.05, 0.1) is 18.6 Å². The lowest BCUT2D eigenvalue weighted by atomic mass is 10.1. The minimum Gasteiger partial charge on any atom is -0.493 e. The molecule has 0 bridgehead atoms. The van der Waals surface area contributed by atoms with Crippen molar-refractivity contribution in [2.75, 3.05) is 30.0 Å². The van der Waals surface area contributed by atoms with Crippen LogP contribution in [0.3, 0.4) is 0 Å². The van der Waals surface area contributed by atoms with Gasteiger partial charge in [-0.1, -0.05) is 13.8 Å². The molecule has 2 heterocycles. The minimum absolute atomic E-state index is 0.122. The average Bonchev–Trinajstić information content (AvgIpc) is 2.69. The maximum absolute atomic E-state index is 6.04. The molecule has 1 aromatic carbocycles. The van der Waals surface area contributed by atoms with E-state index < -0.39 is 0 Å². The largest absolute Gasteiger partial charge is 0.493 e. The van der Waals surface area contributed by atoms with Crippen molar-refractivity contribution < 1.29 is 9.47 Å². The number of aryl methyl sites for hydroxylation is 1. The first-order chi connectivity index (χ1) is 14.0. The van der Waals surface area contributed by atoms with Crippen LogP contribution in [0.15, 0.2) is 24.4 Å². The molecule has 0 radical (unpaired) electrons. The van der Waals surface area contributed by atoms with Crippen molar-refractivity contribution in [3.8, 4) is 11.5 Å². The third-order valence-corrected chi connectivity index (χ3v) is 4.44. The molecule has 8 heteroatoms. The van der Waals surface area contributed by atoms with E-state index in [0.29, 0.717) is 31.2 Å². The molecule has 0 unspecified atom stereocenters. The van der Waals surface area contributed by atoms with Crippen molar-refractivity contribution >= 4 is 28.5 Å². The Morgan fingerprint density at radius 3 is 2.24 bits per heavy atom. The highest BCUT2D eigenvalue weighted by Gasteiger charge is 2.12. The van der Waals surface area contributed by atoms with E-state index in [9.17, 15) is 0 Å². The molecule has 8 nitrogen and oxygen atoms in total. The second-order valence-corrected chi connectivity index (χ2v) is 6.82. The molecular formula is C21H28N6O2. The first-order valence-electron chi connectivity index (χ1n) is 9.83. The Bertz CT molecular complexity index is 966. The van der Waals surface area contributed by atoms with Gasteiger partial charge in [-0.3, -0.25) is 0 Å². The zero-order chi connectivity index (χ0) is 20.8. The van der Waals surface area contributed by atoms with E-state index >= 15 is 0 Å². The molecule has 29 heavy (non-hydrogen) atoms. The van der Waals surface area contributed by atoms with Gasteiger partial charge in [-0.05, 0) is 30.9 Å². The number of hydrogen-bond donors (Lipinski definition) is 3. The molecule has 0 saturated carbocycles. The third-order valence-electron chi connectivity index (χ3n) is 4.44. The molecule has 0 aliphatic heterocycles. The molecular weight excluding hydrogens is 368 g/mol. The minimum atomic E-state index is 0.122. The van der Waals surface area contributed by atoms with Crippen molar-refractivity contribution in [1.82, 2.24) is 15.0 Å². The van der Waals surface area contributed by atoms with E-state index in [1.165, 1.54) is 0 Å². The summed E-state index contributed by atoms with van der Waals surface area (Å²) in [5, 5.41) is 4.15. The second-order valence-electron chi connectivity index (χ2n) is 6.82. The van der Waals surface area contributed by atoms with E-state index in [2.05, 4.69) is 34.1 Å². The van der Waals surface area contributed by atoms with Gasteiger partial charge in [-0.2, -0.15) is 9.97 Å². The van der Waals surface area contributed by atoms with Gasteiger partial charge < -0.3 is 26.3 Å². The lowest BCUT2D eigenvalue weighted by molar-refractivity contribution is 0.302. The predicted molar refractivity (Wildman–Crippen MR) is 116 cm³/mol. The van der Waals surface area contributed by atoms with E-state index in [4.69, 9.17) is 20.9 Å². The first kappa shape index (κ1) is 20.4. The normalized spacial score (nSPS) is 10.9. The van der Waals surface area contributed by atoms with Gasteiger partial charge in [0.15, 0.2) is 5.65 Å². The van der Waals surface area contributed by atoms with Crippen LogP contribution in [0.5, 0.6) is 11.5 Å². The molecule has 0 atom stereocenters. The summed E-state index contributed by atoms with van der Waals surface area (Å²) in [4.78, 5) is 12.6. The quantitative estimate of drug-likeness (QED) is 0.501. The van der Waals surface area contributed by atoms with Crippen LogP contribution in [0.4, 0.5) is 17.5 Å². The Hall–Kier alpha value is -3.29. The van der Waals surface area contributed by atoms with E-state index in [1.807, 2.05) is 25.1 Å². The van der Waals surface area contributed by atoms with Crippen LogP contribution < -0.4 is 26.3 Å². The van der Waals surface area contributed by atoms with Crippen molar-refractivity contribution in [2.45, 2.75) is 40.2 Å². The van der Waals surface area contributed by atoms with Gasteiger partial charge in [-0.25, -0.2) is 4.98 Å². The van der Waals surface area contributed by atoms with E-state index in [-0.39, 0.29) is 5.95 Å². The van der Waals surface area contributed by atoms with Gasteiger partial charge in [0.2, 0.25) is 5.95 Å². The van der Waals surface area contributed by atoms with Crippen molar-refractivity contribution in [1.29, 1.82) is 0 Å². The first-order valence-corrected chi connectivity index (χ1v) is 9.83. The van der Waals surface area contributed by atoms with Gasteiger partial charge in [0.25, 0.3) is 0 Å². The lowest BCUT2D eigenvalue weighted by Crippen LogP contribution is -2.07. The zero-order valence-electron chi connectivity index (χ0n) is 17.2. The second kappa shape index (κ2) is 9.27. The SMILES string of the molecule is CCCOc1cc(NCc2cnc3nc(N)nc(N)c3c2C)cc(OCCC)c1. The number of ether oxygens (including phenoxy) is 2. The maximum Gasteiger partial charge on any atom is 0.224 e. The fourth-order valence-electron chi connectivity index (χ4n) is 2.99. The molecule has 5 N–H and O–H groups in total. The van der Waals surface area contributed by atoms with Crippen molar-refractivity contribution in [2.24, 2.45) is 0 Å². The van der Waals surface area contributed by atoms with E-state index in [0.717, 1.165) is 46.5 Å². The highest BCUT2D eigenvalue weighted by Crippen LogP contribution is 2.28. The van der Waals surface area contributed by atoms with Crippen LogP contribution in [0.1, 0.15) is 37.8 Å². The topological polar surface area (TPSA) is 121 Å². The third kappa shape index (κ3) is 4.96. The summed E-state index contributed by atoms with van der Waals surface area (Å²) >= 11 is 0. The predicted octanol–water partition coefficient (Wildman–Crippen LogP) is 3.69. The molecule has 2 aromatic heterocycles. The number of nitrogens with one attached hydrogen (secondary N) is 1. The molecule has 0 aliphatic carbocycles. The number of rotatable bonds is 9. The van der Waals surface area contributed by atoms with Gasteiger partial charge in [0, 0.05) is 36.6 Å². The zero-order valence-corrected chi connectivity index (χ0v) is 17.2. The van der Waals surface area contributed by atoms with Crippen LogP contribution in [0.25, 0.3) is 11.0 Å². The number of nitrogens with zero attached hydrogens (tertiary/aromatic N) is 3. The Morgan fingerprint density at radius 2 is 1.62 bits per heavy atom. The number of pyridine rings is 1. The number of hydrogen-bond acceptors (Lipinski definition) is 8. The number of aromatic nitrogens is 3.